The predicted molar refractivity (Wildman–Crippen MR) is 235 cm³/mol. The van der Waals surface area contributed by atoms with Crippen molar-refractivity contribution in [1.29, 1.82) is 0 Å². The third-order valence-electron chi connectivity index (χ3n) is 9.93. The fraction of sp³-hybridized carbons (Fsp3) is 0.927. The van der Waals surface area contributed by atoms with Gasteiger partial charge in [-0.3, -0.25) is 14.4 Å². The minimum Gasteiger partial charge on any atom is -0.457 e. The lowest BCUT2D eigenvalue weighted by atomic mass is 9.83. The van der Waals surface area contributed by atoms with E-state index >= 15 is 0 Å². The highest BCUT2D eigenvalue weighted by atomic mass is 16.7. The summed E-state index contributed by atoms with van der Waals surface area (Å²) >= 11 is 0. The van der Waals surface area contributed by atoms with E-state index in [9.17, 15) is 24.6 Å². The molecular weight excluding hydrogens is 910 g/mol. The molecule has 1 heterocycles. The Labute approximate surface area is 397 Å². The molecule has 1 fully saturated rings. The van der Waals surface area contributed by atoms with Crippen LogP contribution < -0.4 is 5.32 Å². The van der Waals surface area contributed by atoms with Crippen LogP contribution in [0.2, 0.25) is 0 Å². The standard InChI is InChI=1S/C41H75N7O20/c1-29(8-7-10-55-12-14-57-16-18-59-20-22-61-24-26-63-47-45-42)37(53)34(9-11-56-13-15-58-17-19-60-21-23-62-25-27-64-48-46-43)38(66-32(4)51)41(54-6)68-39-35(28-49)65-30(2)36(44-31(3)50)40(39)67-33(5)52/h29-30,34-41,49,53H,7-28H2,1-6H3,(H,44,50). The van der Waals surface area contributed by atoms with Gasteiger partial charge in [0, 0.05) is 56.8 Å². The molecule has 394 valence electrons. The lowest BCUT2D eigenvalue weighted by Crippen LogP contribution is -2.66. The van der Waals surface area contributed by atoms with Crippen LogP contribution in [-0.4, -0.2) is 210 Å². The Morgan fingerprint density at radius 3 is 1.54 bits per heavy atom. The highest BCUT2D eigenvalue weighted by molar-refractivity contribution is 5.73. The number of carbonyl (C=O) groups excluding carboxylic acids is 3. The van der Waals surface area contributed by atoms with Crippen LogP contribution >= 0.6 is 0 Å². The molecule has 0 spiro atoms. The monoisotopic (exact) mass is 986 g/mol. The number of rotatable bonds is 44. The van der Waals surface area contributed by atoms with Crippen molar-refractivity contribution < 1.29 is 95.9 Å². The molecule has 27 heteroatoms. The van der Waals surface area contributed by atoms with E-state index in [1.165, 1.54) is 27.9 Å². The molecule has 0 radical (unpaired) electrons. The molecule has 0 aliphatic carbocycles. The van der Waals surface area contributed by atoms with Crippen LogP contribution in [0.5, 0.6) is 0 Å². The first-order valence-corrected chi connectivity index (χ1v) is 22.6. The second kappa shape index (κ2) is 40.9. The van der Waals surface area contributed by atoms with Gasteiger partial charge in [0.05, 0.1) is 117 Å². The summed E-state index contributed by atoms with van der Waals surface area (Å²) in [5, 5.41) is 31.0. The Hall–Kier alpha value is -3.89. The lowest BCUT2D eigenvalue weighted by Gasteiger charge is -2.46. The summed E-state index contributed by atoms with van der Waals surface area (Å²) in [7, 11) is 1.31. The van der Waals surface area contributed by atoms with Gasteiger partial charge in [-0.05, 0) is 43.2 Å². The average molecular weight is 986 g/mol. The van der Waals surface area contributed by atoms with Gasteiger partial charge in [0.15, 0.2) is 18.5 Å². The molecule has 0 bridgehead atoms. The molecule has 0 saturated carbocycles. The SMILES string of the molecule is COC(OC1C(CO)OC(C)C(NC(C)=O)C1OC(C)=O)C(OC(C)=O)C(CCOCCOCCOCCOCCON=[N+]=[N-])C(O)C(C)CCCOCCOCCOCCOCCON=[N+]=[N-]. The quantitative estimate of drug-likeness (QED) is 0.0149. The largest absolute Gasteiger partial charge is 0.457 e. The number of nitrogens with one attached hydrogen (secondary N) is 1. The maximum Gasteiger partial charge on any atom is 0.303 e. The van der Waals surface area contributed by atoms with Crippen molar-refractivity contribution in [3.63, 3.8) is 0 Å². The maximum atomic E-state index is 12.7. The number of hydrogen-bond acceptors (Lipinski definition) is 22. The van der Waals surface area contributed by atoms with Crippen LogP contribution in [-0.2, 0) is 85.6 Å². The van der Waals surface area contributed by atoms with Crippen molar-refractivity contribution in [3.05, 3.63) is 20.9 Å². The van der Waals surface area contributed by atoms with Gasteiger partial charge in [-0.15, -0.1) is 0 Å². The molecule has 68 heavy (non-hydrogen) atoms. The molecule has 1 rings (SSSR count). The molecule has 3 N–H and O–H groups in total. The molecule has 1 saturated heterocycles. The van der Waals surface area contributed by atoms with Gasteiger partial charge in [-0.2, -0.15) is 0 Å². The van der Waals surface area contributed by atoms with Crippen LogP contribution in [0.25, 0.3) is 20.9 Å². The van der Waals surface area contributed by atoms with Crippen LogP contribution in [0.4, 0.5) is 0 Å². The number of ether oxygens (including phenoxy) is 13. The third kappa shape index (κ3) is 29.2. The van der Waals surface area contributed by atoms with E-state index in [1.807, 2.05) is 6.92 Å². The highest BCUT2D eigenvalue weighted by Gasteiger charge is 2.50. The molecule has 1 amide bonds. The minimum absolute atomic E-state index is 0.102. The number of amides is 1. The van der Waals surface area contributed by atoms with E-state index in [-0.39, 0.29) is 58.6 Å². The van der Waals surface area contributed by atoms with E-state index in [0.29, 0.717) is 85.5 Å². The lowest BCUT2D eigenvalue weighted by molar-refractivity contribution is -0.287. The van der Waals surface area contributed by atoms with Gasteiger partial charge in [0.2, 0.25) is 5.91 Å². The van der Waals surface area contributed by atoms with E-state index in [1.54, 1.807) is 6.92 Å². The number of azide groups is 2. The Kier molecular flexibility index (Phi) is 37.4. The van der Waals surface area contributed by atoms with Crippen molar-refractivity contribution in [2.45, 2.75) is 103 Å². The van der Waals surface area contributed by atoms with Crippen molar-refractivity contribution in [1.82, 2.24) is 5.32 Å². The molecule has 10 unspecified atom stereocenters. The molecule has 0 aromatic carbocycles. The molecule has 0 aromatic heterocycles. The third-order valence-corrected chi connectivity index (χ3v) is 9.93. The van der Waals surface area contributed by atoms with Gasteiger partial charge in [-0.1, -0.05) is 6.92 Å². The van der Waals surface area contributed by atoms with Crippen molar-refractivity contribution in [3.8, 4) is 0 Å². The normalized spacial score (nSPS) is 20.1. The Bertz CT molecular complexity index is 1420. The number of carbonyl (C=O) groups is 3. The van der Waals surface area contributed by atoms with Gasteiger partial charge >= 0.3 is 11.9 Å². The fourth-order valence-corrected chi connectivity index (χ4v) is 6.86. The Morgan fingerprint density at radius 2 is 1.13 bits per heavy atom. The van der Waals surface area contributed by atoms with Crippen LogP contribution in [0.3, 0.4) is 0 Å². The summed E-state index contributed by atoms with van der Waals surface area (Å²) in [5.41, 5.74) is 16.3. The zero-order chi connectivity index (χ0) is 50.2. The van der Waals surface area contributed by atoms with Gasteiger partial charge in [-0.25, -0.2) is 0 Å². The summed E-state index contributed by atoms with van der Waals surface area (Å²) < 4.78 is 74.1. The maximum absolute atomic E-state index is 12.7. The number of aliphatic hydroxyl groups excluding tert-OH is 2. The van der Waals surface area contributed by atoms with Crippen LogP contribution in [0.15, 0.2) is 10.6 Å². The van der Waals surface area contributed by atoms with Gasteiger partial charge in [0.1, 0.15) is 36.0 Å². The average Bonchev–Trinajstić information content (AvgIpc) is 3.30. The topological polar surface area (TPSA) is 340 Å². The minimum atomic E-state index is -1.41. The summed E-state index contributed by atoms with van der Waals surface area (Å²) in [4.78, 5) is 51.5. The van der Waals surface area contributed by atoms with Crippen LogP contribution in [0.1, 0.15) is 53.9 Å². The molecule has 0 aromatic rings. The zero-order valence-corrected chi connectivity index (χ0v) is 40.3. The van der Waals surface area contributed by atoms with Crippen LogP contribution in [0, 0.1) is 11.8 Å². The fourth-order valence-electron chi connectivity index (χ4n) is 6.86. The summed E-state index contributed by atoms with van der Waals surface area (Å²) in [6.45, 7) is 11.7. The van der Waals surface area contributed by atoms with Gasteiger partial charge < -0.3 is 86.8 Å². The highest BCUT2D eigenvalue weighted by Crippen LogP contribution is 2.33. The second-order valence-electron chi connectivity index (χ2n) is 15.1. The van der Waals surface area contributed by atoms with Crippen molar-refractivity contribution >= 4 is 17.8 Å². The second-order valence-corrected chi connectivity index (χ2v) is 15.1. The summed E-state index contributed by atoms with van der Waals surface area (Å²) in [5.74, 6) is -3.02. The zero-order valence-electron chi connectivity index (χ0n) is 40.3. The molecule has 1 aliphatic rings. The van der Waals surface area contributed by atoms with Crippen molar-refractivity contribution in [2.75, 3.05) is 133 Å². The van der Waals surface area contributed by atoms with Crippen molar-refractivity contribution in [2.24, 2.45) is 22.4 Å². The Morgan fingerprint density at radius 1 is 0.676 bits per heavy atom. The number of esters is 2. The van der Waals surface area contributed by atoms with E-state index in [4.69, 9.17) is 72.6 Å². The first kappa shape index (κ1) is 62.1. The first-order chi connectivity index (χ1) is 32.9. The number of hydrogen-bond donors (Lipinski definition) is 3. The number of aliphatic hydroxyl groups is 2. The molecule has 1 aliphatic heterocycles. The molecule has 27 nitrogen and oxygen atoms in total. The number of nitrogens with zero attached hydrogens (tertiary/aromatic N) is 6. The smallest absolute Gasteiger partial charge is 0.303 e. The predicted octanol–water partition coefficient (Wildman–Crippen LogP) is 1.89. The molecule has 10 atom stereocenters. The first-order valence-electron chi connectivity index (χ1n) is 22.6. The van der Waals surface area contributed by atoms with E-state index in [0.717, 1.165) is 0 Å². The number of methoxy groups -OCH3 is 1. The summed E-state index contributed by atoms with van der Waals surface area (Å²) in [6, 6.07) is -0.890. The summed E-state index contributed by atoms with van der Waals surface area (Å²) in [6.07, 6.45) is -6.70. The van der Waals surface area contributed by atoms with E-state index in [2.05, 4.69) is 35.4 Å². The van der Waals surface area contributed by atoms with E-state index < -0.39 is 79.3 Å². The molecular formula is C41H75N7O20. The van der Waals surface area contributed by atoms with Gasteiger partial charge in [0.25, 0.3) is 0 Å². The Balaban J connectivity index is 2.93.